The molecule has 0 amide bonds. The standard InChI is InChI=1S/2C21H18N2O/c2*1-3-24-21-19(14-22)18(16-11-9-15(2)10-12-16)13-20(23-21)17-7-5-4-6-8-17/h2*4-13H,3H2,1-2H3. The molecule has 0 spiro atoms. The molecule has 0 aliphatic heterocycles. The molecule has 6 rings (SSSR count). The van der Waals surface area contributed by atoms with Gasteiger partial charge in [0.25, 0.3) is 0 Å². The van der Waals surface area contributed by atoms with Crippen LogP contribution in [0.2, 0.25) is 0 Å². The average Bonchev–Trinajstić information content (AvgIpc) is 3.13. The van der Waals surface area contributed by atoms with Crippen molar-refractivity contribution in [1.29, 1.82) is 10.5 Å². The Labute approximate surface area is 282 Å². The molecule has 0 aliphatic rings. The largest absolute Gasteiger partial charge is 0.477 e. The third kappa shape index (κ3) is 7.76. The monoisotopic (exact) mass is 628 g/mol. The van der Waals surface area contributed by atoms with Crippen LogP contribution in [0, 0.1) is 36.5 Å². The van der Waals surface area contributed by atoms with Crippen molar-refractivity contribution in [2.75, 3.05) is 13.2 Å². The highest BCUT2D eigenvalue weighted by Crippen LogP contribution is 2.35. The summed E-state index contributed by atoms with van der Waals surface area (Å²) in [5, 5.41) is 19.3. The summed E-state index contributed by atoms with van der Waals surface area (Å²) < 4.78 is 11.3. The number of hydrogen-bond acceptors (Lipinski definition) is 6. The van der Waals surface area contributed by atoms with Crippen molar-refractivity contribution < 1.29 is 9.47 Å². The van der Waals surface area contributed by atoms with E-state index in [1.165, 1.54) is 11.1 Å². The van der Waals surface area contributed by atoms with Gasteiger partial charge in [-0.15, -0.1) is 0 Å². The van der Waals surface area contributed by atoms with Crippen LogP contribution >= 0.6 is 0 Å². The highest BCUT2D eigenvalue weighted by Gasteiger charge is 2.17. The summed E-state index contributed by atoms with van der Waals surface area (Å²) in [7, 11) is 0. The summed E-state index contributed by atoms with van der Waals surface area (Å²) in [6.45, 7) is 8.80. The predicted octanol–water partition coefficient (Wildman–Crippen LogP) is 9.99. The molecule has 2 aromatic heterocycles. The van der Waals surface area contributed by atoms with Crippen LogP contribution in [0.15, 0.2) is 121 Å². The lowest BCUT2D eigenvalue weighted by molar-refractivity contribution is 0.326. The molecule has 0 atom stereocenters. The maximum Gasteiger partial charge on any atom is 0.232 e. The number of benzene rings is 4. The summed E-state index contributed by atoms with van der Waals surface area (Å²) in [4.78, 5) is 9.13. The van der Waals surface area contributed by atoms with Gasteiger partial charge in [0, 0.05) is 22.3 Å². The van der Waals surface area contributed by atoms with Gasteiger partial charge in [0.2, 0.25) is 11.8 Å². The molecule has 2 heterocycles. The molecule has 4 aromatic carbocycles. The van der Waals surface area contributed by atoms with Crippen LogP contribution in [0.1, 0.15) is 36.1 Å². The zero-order valence-electron chi connectivity index (χ0n) is 27.6. The third-order valence-corrected chi connectivity index (χ3v) is 7.62. The van der Waals surface area contributed by atoms with Crippen LogP contribution in [-0.2, 0) is 0 Å². The van der Waals surface area contributed by atoms with Crippen LogP contribution < -0.4 is 9.47 Å². The fourth-order valence-electron chi connectivity index (χ4n) is 5.18. The maximum atomic E-state index is 9.63. The van der Waals surface area contributed by atoms with Crippen LogP contribution in [0.5, 0.6) is 11.8 Å². The van der Waals surface area contributed by atoms with Crippen molar-refractivity contribution in [2.45, 2.75) is 27.7 Å². The molecule has 6 heteroatoms. The molecule has 0 N–H and O–H groups in total. The van der Waals surface area contributed by atoms with Crippen molar-refractivity contribution in [1.82, 2.24) is 9.97 Å². The first-order chi connectivity index (χ1) is 23.4. The van der Waals surface area contributed by atoms with Gasteiger partial charge < -0.3 is 9.47 Å². The lowest BCUT2D eigenvalue weighted by Crippen LogP contribution is -2.01. The van der Waals surface area contributed by atoms with Crippen molar-refractivity contribution in [3.8, 4) is 68.7 Å². The highest BCUT2D eigenvalue weighted by atomic mass is 16.5. The van der Waals surface area contributed by atoms with Crippen LogP contribution in [0.3, 0.4) is 0 Å². The van der Waals surface area contributed by atoms with Gasteiger partial charge in [-0.25, -0.2) is 9.97 Å². The summed E-state index contributed by atoms with van der Waals surface area (Å²) in [6.07, 6.45) is 0. The van der Waals surface area contributed by atoms with E-state index in [1.807, 2.05) is 149 Å². The molecular formula is C42H36N4O2. The van der Waals surface area contributed by atoms with Crippen LogP contribution in [-0.4, -0.2) is 23.2 Å². The van der Waals surface area contributed by atoms with Gasteiger partial charge in [-0.1, -0.05) is 120 Å². The smallest absolute Gasteiger partial charge is 0.232 e. The van der Waals surface area contributed by atoms with Crippen molar-refractivity contribution >= 4 is 0 Å². The first-order valence-electron chi connectivity index (χ1n) is 15.9. The van der Waals surface area contributed by atoms with Crippen LogP contribution in [0.25, 0.3) is 44.8 Å². The molecule has 0 saturated heterocycles. The topological polar surface area (TPSA) is 91.8 Å². The molecule has 6 nitrogen and oxygen atoms in total. The maximum absolute atomic E-state index is 9.63. The minimum absolute atomic E-state index is 0.386. The Bertz CT molecular complexity index is 1910. The number of nitriles is 2. The molecule has 0 unspecified atom stereocenters. The van der Waals surface area contributed by atoms with E-state index in [9.17, 15) is 10.5 Å². The molecule has 0 aliphatic carbocycles. The molecule has 0 radical (unpaired) electrons. The molecule has 236 valence electrons. The Morgan fingerprint density at radius 3 is 1.17 bits per heavy atom. The number of aromatic nitrogens is 2. The van der Waals surface area contributed by atoms with Gasteiger partial charge in [0.15, 0.2) is 0 Å². The summed E-state index contributed by atoms with van der Waals surface area (Å²) in [6, 6.07) is 44.5. The normalized spacial score (nSPS) is 10.2. The first-order valence-corrected chi connectivity index (χ1v) is 15.9. The second-order valence-electron chi connectivity index (χ2n) is 11.0. The van der Waals surface area contributed by atoms with Gasteiger partial charge in [-0.3, -0.25) is 0 Å². The Morgan fingerprint density at radius 1 is 0.500 bits per heavy atom. The Kier molecular flexibility index (Phi) is 10.9. The van der Waals surface area contributed by atoms with Crippen molar-refractivity contribution in [3.05, 3.63) is 144 Å². The zero-order valence-corrected chi connectivity index (χ0v) is 27.6. The summed E-state index contributed by atoms with van der Waals surface area (Å²) >= 11 is 0. The third-order valence-electron chi connectivity index (χ3n) is 7.62. The average molecular weight is 629 g/mol. The highest BCUT2D eigenvalue weighted by molar-refractivity contribution is 5.79. The molecule has 0 fully saturated rings. The van der Waals surface area contributed by atoms with Crippen molar-refractivity contribution in [2.24, 2.45) is 0 Å². The fraction of sp³-hybridized carbons (Fsp3) is 0.143. The second-order valence-corrected chi connectivity index (χ2v) is 11.0. The summed E-state index contributed by atoms with van der Waals surface area (Å²) in [5.74, 6) is 0.772. The van der Waals surface area contributed by atoms with E-state index >= 15 is 0 Å². The van der Waals surface area contributed by atoms with E-state index in [1.54, 1.807) is 0 Å². The quantitative estimate of drug-likeness (QED) is 0.167. The minimum atomic E-state index is 0.386. The van der Waals surface area contributed by atoms with E-state index in [2.05, 4.69) is 22.1 Å². The van der Waals surface area contributed by atoms with Gasteiger partial charge in [0.05, 0.1) is 24.6 Å². The predicted molar refractivity (Wildman–Crippen MR) is 191 cm³/mol. The van der Waals surface area contributed by atoms with E-state index in [4.69, 9.17) is 9.47 Å². The molecular weight excluding hydrogens is 592 g/mol. The van der Waals surface area contributed by atoms with E-state index in [0.29, 0.717) is 36.1 Å². The zero-order chi connectivity index (χ0) is 33.9. The number of hydrogen-bond donors (Lipinski definition) is 0. The number of aryl methyl sites for hydroxylation is 2. The van der Waals surface area contributed by atoms with Gasteiger partial charge in [-0.05, 0) is 51.0 Å². The molecule has 48 heavy (non-hydrogen) atoms. The lowest BCUT2D eigenvalue weighted by atomic mass is 9.98. The van der Waals surface area contributed by atoms with Gasteiger partial charge in [0.1, 0.15) is 23.3 Å². The number of pyridine rings is 2. The van der Waals surface area contributed by atoms with Crippen LogP contribution in [0.4, 0.5) is 0 Å². The minimum Gasteiger partial charge on any atom is -0.477 e. The summed E-state index contributed by atoms with van der Waals surface area (Å²) in [5.41, 5.74) is 10.6. The number of nitrogens with zero attached hydrogens (tertiary/aromatic N) is 4. The molecule has 0 bridgehead atoms. The van der Waals surface area contributed by atoms with E-state index in [-0.39, 0.29) is 0 Å². The fourth-order valence-corrected chi connectivity index (χ4v) is 5.18. The van der Waals surface area contributed by atoms with E-state index in [0.717, 1.165) is 44.8 Å². The second kappa shape index (κ2) is 15.9. The lowest BCUT2D eigenvalue weighted by Gasteiger charge is -2.13. The number of ether oxygens (including phenoxy) is 2. The Hall–Kier alpha value is -6.24. The van der Waals surface area contributed by atoms with E-state index < -0.39 is 0 Å². The Balaban J connectivity index is 0.000000188. The van der Waals surface area contributed by atoms with Gasteiger partial charge >= 0.3 is 0 Å². The SMILES string of the molecule is CCOc1nc(-c2ccccc2)cc(-c2ccc(C)cc2)c1C#N.CCOc1nc(-c2ccccc2)cc(-c2ccc(C)cc2)c1C#N. The molecule has 6 aromatic rings. The molecule has 0 saturated carbocycles. The Morgan fingerprint density at radius 2 is 0.854 bits per heavy atom. The van der Waals surface area contributed by atoms with Gasteiger partial charge in [-0.2, -0.15) is 10.5 Å². The first kappa shape index (κ1) is 33.1. The number of rotatable bonds is 8. The van der Waals surface area contributed by atoms with Crippen molar-refractivity contribution in [3.63, 3.8) is 0 Å².